The van der Waals surface area contributed by atoms with E-state index in [0.29, 0.717) is 4.60 Å². The van der Waals surface area contributed by atoms with Gasteiger partial charge in [0.15, 0.2) is 0 Å². The summed E-state index contributed by atoms with van der Waals surface area (Å²) in [5.41, 5.74) is 0.938. The van der Waals surface area contributed by atoms with Crippen LogP contribution in [0, 0.1) is 0 Å². The lowest BCUT2D eigenvalue weighted by molar-refractivity contribution is -0.662. The zero-order chi connectivity index (χ0) is 9.26. The van der Waals surface area contributed by atoms with Gasteiger partial charge in [-0.1, -0.05) is 22.9 Å². The van der Waals surface area contributed by atoms with E-state index in [9.17, 15) is 4.79 Å². The van der Waals surface area contributed by atoms with Gasteiger partial charge in [-0.15, -0.1) is 4.49 Å². The van der Waals surface area contributed by atoms with Gasteiger partial charge in [0.1, 0.15) is 0 Å². The Morgan fingerprint density at radius 3 is 2.54 bits per heavy atom. The molecule has 2 rings (SSSR count). The van der Waals surface area contributed by atoms with E-state index in [1.165, 1.54) is 0 Å². The molecule has 0 aliphatic carbocycles. The van der Waals surface area contributed by atoms with Gasteiger partial charge < -0.3 is 0 Å². The average molecular weight is 258 g/mol. The predicted octanol–water partition coefficient (Wildman–Crippen LogP) is 1.48. The highest BCUT2D eigenvalue weighted by Crippen LogP contribution is 2.02. The van der Waals surface area contributed by atoms with Crippen molar-refractivity contribution in [3.63, 3.8) is 0 Å². The van der Waals surface area contributed by atoms with Crippen LogP contribution in [-0.2, 0) is 0 Å². The summed E-state index contributed by atoms with van der Waals surface area (Å²) in [5, 5.41) is 0. The van der Waals surface area contributed by atoms with Crippen LogP contribution in [0.5, 0.6) is 0 Å². The molecule has 0 radical (unpaired) electrons. The minimum atomic E-state index is -0.0103. The van der Waals surface area contributed by atoms with Crippen LogP contribution >= 0.6 is 27.5 Å². The fourth-order valence-electron chi connectivity index (χ4n) is 1.00. The summed E-state index contributed by atoms with van der Waals surface area (Å²) < 4.78 is 5.11. The molecule has 0 spiro atoms. The number of nitrogens with zero attached hydrogens (tertiary/aromatic N) is 1. The van der Waals surface area contributed by atoms with Crippen molar-refractivity contribution in [3.05, 3.63) is 44.5 Å². The Morgan fingerprint density at radius 1 is 1.31 bits per heavy atom. The molecule has 1 aromatic heterocycles. The highest BCUT2D eigenvalue weighted by molar-refractivity contribution is 9.10. The van der Waals surface area contributed by atoms with E-state index in [1.807, 2.05) is 30.3 Å². The number of hydrogen-bond donors (Lipinski definition) is 1. The minimum absolute atomic E-state index is 0.0103. The van der Waals surface area contributed by atoms with Crippen LogP contribution in [0.15, 0.2) is 39.7 Å². The van der Waals surface area contributed by atoms with Gasteiger partial charge >= 0.3 is 9.35 Å². The Labute approximate surface area is 86.9 Å². The molecule has 0 fully saturated rings. The summed E-state index contributed by atoms with van der Waals surface area (Å²) >= 11 is 4.28. The van der Waals surface area contributed by atoms with Gasteiger partial charge in [-0.25, -0.2) is 0 Å². The summed E-state index contributed by atoms with van der Waals surface area (Å²) in [6.45, 7) is 0. The number of aromatic nitrogens is 2. The maximum Gasteiger partial charge on any atom is 0.338 e. The second-order valence-electron chi connectivity index (χ2n) is 2.44. The van der Waals surface area contributed by atoms with Crippen LogP contribution < -0.4 is 9.42 Å². The van der Waals surface area contributed by atoms with Gasteiger partial charge in [0.25, 0.3) is 0 Å². The highest BCUT2D eigenvalue weighted by Gasteiger charge is 2.17. The van der Waals surface area contributed by atoms with Crippen molar-refractivity contribution in [2.45, 2.75) is 0 Å². The molecular formula is C8H6BrN2OS+. The molecule has 0 aliphatic rings. The lowest BCUT2D eigenvalue weighted by Crippen LogP contribution is -2.34. The quantitative estimate of drug-likeness (QED) is 0.773. The molecule has 0 amide bonds. The maximum atomic E-state index is 11.1. The van der Waals surface area contributed by atoms with Crippen LogP contribution in [0.25, 0.3) is 5.69 Å². The molecule has 0 bridgehead atoms. The molecule has 0 saturated carbocycles. The lowest BCUT2D eigenvalue weighted by atomic mass is 10.3. The van der Waals surface area contributed by atoms with Crippen LogP contribution in [0.1, 0.15) is 0 Å². The van der Waals surface area contributed by atoms with Crippen LogP contribution in [0.4, 0.5) is 0 Å². The first-order valence-electron chi connectivity index (χ1n) is 3.63. The van der Waals surface area contributed by atoms with Crippen LogP contribution in [-0.4, -0.2) is 4.49 Å². The molecule has 0 saturated heterocycles. The molecule has 0 unspecified atom stereocenters. The molecule has 1 N–H and O–H groups in total. The van der Waals surface area contributed by atoms with Crippen LogP contribution in [0.3, 0.4) is 0 Å². The van der Waals surface area contributed by atoms with Crippen molar-refractivity contribution in [2.24, 2.45) is 0 Å². The number of H-pyrrole nitrogens is 1. The Bertz CT molecular complexity index is 462. The highest BCUT2D eigenvalue weighted by atomic mass is 79.9. The number of para-hydroxylation sites is 1. The first-order chi connectivity index (χ1) is 6.29. The van der Waals surface area contributed by atoms with Gasteiger partial charge in [-0.2, -0.15) is 0 Å². The molecule has 3 nitrogen and oxygen atoms in total. The number of halogens is 1. The SMILES string of the molecule is O=c1s[nH][n+](-c2ccccc2)c1Br. The largest absolute Gasteiger partial charge is 0.338 e. The molecule has 1 heterocycles. The van der Waals surface area contributed by atoms with E-state index in [0.717, 1.165) is 17.2 Å². The van der Waals surface area contributed by atoms with Crippen molar-refractivity contribution in [1.29, 1.82) is 0 Å². The van der Waals surface area contributed by atoms with E-state index < -0.39 is 0 Å². The molecule has 66 valence electrons. The standard InChI is InChI=1S/C8H5BrN2OS/c9-7-8(12)13-10-11(7)6-4-2-1-3-5-6/h1-5H/p+1. The average Bonchev–Trinajstić information content (AvgIpc) is 2.49. The van der Waals surface area contributed by atoms with Gasteiger partial charge in [-0.05, 0) is 0 Å². The fourth-order valence-corrected chi connectivity index (χ4v) is 2.20. The monoisotopic (exact) mass is 257 g/mol. The summed E-state index contributed by atoms with van der Waals surface area (Å²) in [4.78, 5) is 11.1. The van der Waals surface area contributed by atoms with E-state index in [2.05, 4.69) is 20.4 Å². The van der Waals surface area contributed by atoms with E-state index in [4.69, 9.17) is 0 Å². The van der Waals surface area contributed by atoms with Crippen molar-refractivity contribution in [1.82, 2.24) is 4.49 Å². The zero-order valence-corrected chi connectivity index (χ0v) is 8.93. The molecule has 5 heteroatoms. The van der Waals surface area contributed by atoms with Crippen LogP contribution in [0.2, 0.25) is 0 Å². The molecule has 0 atom stereocenters. The Hall–Kier alpha value is -0.940. The lowest BCUT2D eigenvalue weighted by Gasteiger charge is -1.88. The number of aromatic amines is 1. The third-order valence-electron chi connectivity index (χ3n) is 1.61. The molecule has 2 aromatic rings. The number of rotatable bonds is 1. The first kappa shape index (κ1) is 8.65. The number of nitrogens with one attached hydrogen (secondary N) is 1. The van der Waals surface area contributed by atoms with Gasteiger partial charge in [-0.3, -0.25) is 4.79 Å². The van der Waals surface area contributed by atoms with E-state index >= 15 is 0 Å². The summed E-state index contributed by atoms with van der Waals surface area (Å²) in [6, 6.07) is 9.62. The second kappa shape index (κ2) is 3.43. The Morgan fingerprint density at radius 2 is 2.00 bits per heavy atom. The number of hydrogen-bond acceptors (Lipinski definition) is 2. The molecule has 1 aromatic carbocycles. The first-order valence-corrected chi connectivity index (χ1v) is 5.24. The predicted molar refractivity (Wildman–Crippen MR) is 54.2 cm³/mol. The Balaban J connectivity index is 2.60. The molecular weight excluding hydrogens is 252 g/mol. The number of benzene rings is 1. The molecule has 13 heavy (non-hydrogen) atoms. The fraction of sp³-hybridized carbons (Fsp3) is 0. The van der Waals surface area contributed by atoms with Crippen molar-refractivity contribution in [3.8, 4) is 5.69 Å². The normalized spacial score (nSPS) is 10.2. The maximum absolute atomic E-state index is 11.1. The smallest absolute Gasteiger partial charge is 0.268 e. The zero-order valence-electron chi connectivity index (χ0n) is 6.53. The van der Waals surface area contributed by atoms with Crippen molar-refractivity contribution in [2.75, 3.05) is 0 Å². The van der Waals surface area contributed by atoms with E-state index in [1.54, 1.807) is 4.68 Å². The Kier molecular flexibility index (Phi) is 2.28. The second-order valence-corrected chi connectivity index (χ2v) is 3.95. The van der Waals surface area contributed by atoms with Crippen molar-refractivity contribution < 1.29 is 4.68 Å². The van der Waals surface area contributed by atoms with E-state index in [-0.39, 0.29) is 4.74 Å². The van der Waals surface area contributed by atoms with Crippen molar-refractivity contribution >= 4 is 27.5 Å². The molecule has 0 aliphatic heterocycles. The van der Waals surface area contributed by atoms with Gasteiger partial charge in [0.05, 0.1) is 0 Å². The topological polar surface area (TPSA) is 36.7 Å². The third kappa shape index (κ3) is 1.57. The van der Waals surface area contributed by atoms with Gasteiger partial charge in [0, 0.05) is 39.6 Å². The summed E-state index contributed by atoms with van der Waals surface area (Å²) in [5.74, 6) is 0. The minimum Gasteiger partial charge on any atom is -0.268 e. The summed E-state index contributed by atoms with van der Waals surface area (Å²) in [6.07, 6.45) is 0. The van der Waals surface area contributed by atoms with Gasteiger partial charge in [0.2, 0.25) is 5.69 Å². The summed E-state index contributed by atoms with van der Waals surface area (Å²) in [7, 11) is 0. The third-order valence-corrected chi connectivity index (χ3v) is 3.24.